The molecule has 0 fully saturated rings. The lowest BCUT2D eigenvalue weighted by Crippen LogP contribution is -2.34. The Morgan fingerprint density at radius 1 is 0.718 bits per heavy atom. The summed E-state index contributed by atoms with van der Waals surface area (Å²) in [5.74, 6) is 1.73. The molecule has 0 saturated carbocycles. The number of nitrogens with one attached hydrogen (secondary N) is 1. The van der Waals surface area contributed by atoms with E-state index in [9.17, 15) is 4.79 Å². The summed E-state index contributed by atoms with van der Waals surface area (Å²) in [5, 5.41) is 7.47. The highest BCUT2D eigenvalue weighted by Gasteiger charge is 2.17. The number of hydrogen-bond donors (Lipinski definition) is 1. The molecule has 0 aliphatic carbocycles. The minimum Gasteiger partial charge on any atom is -0.493 e. The molecule has 0 unspecified atom stereocenters. The summed E-state index contributed by atoms with van der Waals surface area (Å²) in [4.78, 5) is 12.1. The summed E-state index contributed by atoms with van der Waals surface area (Å²) in [6.07, 6.45) is 4.89. The molecule has 0 aliphatic rings. The average molecular weight is 528 g/mol. The van der Waals surface area contributed by atoms with Crippen LogP contribution in [0.3, 0.4) is 0 Å². The molecule has 0 aromatic heterocycles. The highest BCUT2D eigenvalue weighted by molar-refractivity contribution is 5.91. The topological polar surface area (TPSA) is 56.8 Å². The summed E-state index contributed by atoms with van der Waals surface area (Å²) in [6.45, 7) is 9.16. The van der Waals surface area contributed by atoms with Crippen LogP contribution in [0.2, 0.25) is 0 Å². The molecule has 0 radical (unpaired) electrons. The summed E-state index contributed by atoms with van der Waals surface area (Å²) in [7, 11) is 0. The van der Waals surface area contributed by atoms with E-state index in [1.54, 1.807) is 0 Å². The Morgan fingerprint density at radius 2 is 1.28 bits per heavy atom. The number of ether oxygens (including phenoxy) is 3. The third-order valence-corrected chi connectivity index (χ3v) is 6.63. The maximum atomic E-state index is 12.1. The van der Waals surface area contributed by atoms with Crippen LogP contribution in [0, 0.1) is 0 Å². The lowest BCUT2D eigenvalue weighted by molar-refractivity contribution is 0.0520. The van der Waals surface area contributed by atoms with Crippen LogP contribution in [0.1, 0.15) is 64.5 Å². The number of hydrogen-bond acceptors (Lipinski definition) is 4. The zero-order valence-corrected chi connectivity index (χ0v) is 23.7. The smallest absolute Gasteiger partial charge is 0.407 e. The van der Waals surface area contributed by atoms with Crippen molar-refractivity contribution in [2.24, 2.45) is 0 Å². The van der Waals surface area contributed by atoms with Gasteiger partial charge in [-0.15, -0.1) is 0 Å². The van der Waals surface area contributed by atoms with E-state index in [1.165, 1.54) is 30.0 Å². The number of unbranched alkanes of at least 4 members (excludes halogenated alkanes) is 3. The first-order valence-corrected chi connectivity index (χ1v) is 14.1. The van der Waals surface area contributed by atoms with Crippen molar-refractivity contribution in [1.29, 1.82) is 0 Å². The molecule has 4 rings (SSSR count). The van der Waals surface area contributed by atoms with Crippen LogP contribution in [-0.2, 0) is 11.2 Å². The van der Waals surface area contributed by atoms with Gasteiger partial charge in [0.2, 0.25) is 0 Å². The van der Waals surface area contributed by atoms with Crippen molar-refractivity contribution in [2.45, 2.75) is 65.4 Å². The van der Waals surface area contributed by atoms with E-state index >= 15 is 0 Å². The second kappa shape index (κ2) is 13.4. The molecule has 39 heavy (non-hydrogen) atoms. The Labute approximate surface area is 232 Å². The molecule has 4 aromatic rings. The van der Waals surface area contributed by atoms with Crippen molar-refractivity contribution in [1.82, 2.24) is 5.32 Å². The fourth-order valence-electron chi connectivity index (χ4n) is 4.78. The first-order chi connectivity index (χ1) is 18.9. The standard InChI is InChI=1S/C34H41NO4/c1-5-6-7-12-22-37-31-19-17-25-13-8-10-15-27(25)29(31)24-30-28-16-11-9-14-26(28)18-20-32(30)38-23-21-35-33(36)39-34(2,3)4/h8-11,13-20H,5-7,12,21-24H2,1-4H3,(H,35,36). The van der Waals surface area contributed by atoms with Crippen LogP contribution in [0.5, 0.6) is 11.5 Å². The Balaban J connectivity index is 1.61. The second-order valence-corrected chi connectivity index (χ2v) is 10.9. The first kappa shape index (κ1) is 28.3. The van der Waals surface area contributed by atoms with E-state index < -0.39 is 11.7 Å². The molecule has 0 heterocycles. The largest absolute Gasteiger partial charge is 0.493 e. The van der Waals surface area contributed by atoms with Crippen LogP contribution in [0.4, 0.5) is 4.79 Å². The molecule has 5 heteroatoms. The van der Waals surface area contributed by atoms with Gasteiger partial charge in [0.25, 0.3) is 0 Å². The number of fused-ring (bicyclic) bond motifs is 2. The van der Waals surface area contributed by atoms with Gasteiger partial charge in [0, 0.05) is 17.5 Å². The van der Waals surface area contributed by atoms with Crippen LogP contribution in [0.15, 0.2) is 72.8 Å². The third-order valence-electron chi connectivity index (χ3n) is 6.63. The minimum atomic E-state index is -0.537. The lowest BCUT2D eigenvalue weighted by atomic mass is 9.93. The van der Waals surface area contributed by atoms with Crippen molar-refractivity contribution in [3.05, 3.63) is 83.9 Å². The summed E-state index contributed by atoms with van der Waals surface area (Å²) >= 11 is 0. The number of alkyl carbamates (subject to hydrolysis) is 1. The molecule has 0 aliphatic heterocycles. The highest BCUT2D eigenvalue weighted by Crippen LogP contribution is 2.36. The quantitative estimate of drug-likeness (QED) is 0.188. The van der Waals surface area contributed by atoms with Gasteiger partial charge in [-0.3, -0.25) is 0 Å². The molecular weight excluding hydrogens is 486 g/mol. The van der Waals surface area contributed by atoms with Crippen LogP contribution >= 0.6 is 0 Å². The van der Waals surface area contributed by atoms with E-state index in [1.807, 2.05) is 26.8 Å². The fourth-order valence-corrected chi connectivity index (χ4v) is 4.78. The molecule has 0 atom stereocenters. The maximum Gasteiger partial charge on any atom is 0.407 e. The molecule has 4 aromatic carbocycles. The van der Waals surface area contributed by atoms with Gasteiger partial charge < -0.3 is 19.5 Å². The van der Waals surface area contributed by atoms with E-state index in [0.29, 0.717) is 26.2 Å². The summed E-state index contributed by atoms with van der Waals surface area (Å²) in [6, 6.07) is 25.2. The van der Waals surface area contributed by atoms with Gasteiger partial charge in [-0.05, 0) is 60.9 Å². The van der Waals surface area contributed by atoms with Gasteiger partial charge in [0.1, 0.15) is 23.7 Å². The van der Waals surface area contributed by atoms with Crippen LogP contribution < -0.4 is 14.8 Å². The zero-order valence-electron chi connectivity index (χ0n) is 23.7. The lowest BCUT2D eigenvalue weighted by Gasteiger charge is -2.20. The predicted molar refractivity (Wildman–Crippen MR) is 160 cm³/mol. The molecule has 0 saturated heterocycles. The van der Waals surface area contributed by atoms with Crippen LogP contribution in [0.25, 0.3) is 21.5 Å². The first-order valence-electron chi connectivity index (χ1n) is 14.1. The van der Waals surface area contributed by atoms with Gasteiger partial charge in [0.15, 0.2) is 0 Å². The number of benzene rings is 4. The number of carbonyl (C=O) groups excluding carboxylic acids is 1. The van der Waals surface area contributed by atoms with Crippen molar-refractivity contribution in [2.75, 3.05) is 19.8 Å². The van der Waals surface area contributed by atoms with Gasteiger partial charge in [-0.25, -0.2) is 4.79 Å². The van der Waals surface area contributed by atoms with E-state index in [0.717, 1.165) is 39.8 Å². The zero-order chi connectivity index (χ0) is 27.7. The van der Waals surface area contributed by atoms with Crippen molar-refractivity contribution in [3.63, 3.8) is 0 Å². The van der Waals surface area contributed by atoms with Crippen molar-refractivity contribution >= 4 is 27.6 Å². The number of carbonyl (C=O) groups is 1. The maximum absolute atomic E-state index is 12.1. The van der Waals surface area contributed by atoms with Gasteiger partial charge in [-0.1, -0.05) is 86.8 Å². The highest BCUT2D eigenvalue weighted by atomic mass is 16.6. The number of amides is 1. The minimum absolute atomic E-state index is 0.334. The molecule has 0 spiro atoms. The Bertz CT molecular complexity index is 1390. The van der Waals surface area contributed by atoms with Crippen molar-refractivity contribution in [3.8, 4) is 11.5 Å². The molecule has 0 bridgehead atoms. The molecular formula is C34H41NO4. The van der Waals surface area contributed by atoms with Crippen LogP contribution in [-0.4, -0.2) is 31.5 Å². The normalized spacial score (nSPS) is 11.5. The molecule has 5 nitrogen and oxygen atoms in total. The monoisotopic (exact) mass is 527 g/mol. The number of rotatable bonds is 12. The second-order valence-electron chi connectivity index (χ2n) is 10.9. The van der Waals surface area contributed by atoms with Gasteiger partial charge >= 0.3 is 6.09 Å². The molecule has 1 N–H and O–H groups in total. The Morgan fingerprint density at radius 3 is 1.85 bits per heavy atom. The van der Waals surface area contributed by atoms with Gasteiger partial charge in [-0.2, -0.15) is 0 Å². The van der Waals surface area contributed by atoms with Crippen molar-refractivity contribution < 1.29 is 19.0 Å². The predicted octanol–water partition coefficient (Wildman–Crippen LogP) is 8.45. The average Bonchev–Trinajstić information content (AvgIpc) is 2.91. The van der Waals surface area contributed by atoms with E-state index in [4.69, 9.17) is 14.2 Å². The summed E-state index contributed by atoms with van der Waals surface area (Å²) in [5.41, 5.74) is 1.74. The fraction of sp³-hybridized carbons (Fsp3) is 0.382. The summed E-state index contributed by atoms with van der Waals surface area (Å²) < 4.78 is 18.0. The van der Waals surface area contributed by atoms with E-state index in [2.05, 4.69) is 79.0 Å². The van der Waals surface area contributed by atoms with Gasteiger partial charge in [0.05, 0.1) is 13.2 Å². The molecule has 206 valence electrons. The molecule has 1 amide bonds. The Hall–Kier alpha value is -3.73. The third kappa shape index (κ3) is 7.89. The SMILES string of the molecule is CCCCCCOc1ccc2ccccc2c1Cc1c(OCCNC(=O)OC(C)(C)C)ccc2ccccc12. The Kier molecular flexibility index (Phi) is 9.69. The van der Waals surface area contributed by atoms with E-state index in [-0.39, 0.29) is 0 Å².